The van der Waals surface area contributed by atoms with Gasteiger partial charge in [-0.3, -0.25) is 0 Å². The number of para-hydroxylation sites is 2. The quantitative estimate of drug-likeness (QED) is 0.812. The van der Waals surface area contributed by atoms with Crippen LogP contribution in [-0.4, -0.2) is 21.6 Å². The second-order valence-electron chi connectivity index (χ2n) is 6.45. The van der Waals surface area contributed by atoms with Gasteiger partial charge in [-0.1, -0.05) is 19.1 Å². The first-order valence-corrected chi connectivity index (χ1v) is 7.70. The van der Waals surface area contributed by atoms with Crippen molar-refractivity contribution in [1.82, 2.24) is 14.9 Å². The molecule has 3 heteroatoms. The van der Waals surface area contributed by atoms with Crippen molar-refractivity contribution in [3.8, 4) is 0 Å². The van der Waals surface area contributed by atoms with E-state index in [0.717, 1.165) is 37.9 Å². The highest BCUT2D eigenvalue weighted by Gasteiger charge is 2.11. The average Bonchev–Trinajstić information content (AvgIpc) is 2.73. The zero-order valence-corrected chi connectivity index (χ0v) is 13.2. The molecule has 1 aromatic carbocycles. The Morgan fingerprint density at radius 3 is 2.65 bits per heavy atom. The minimum Gasteiger partial charge on any atom is -0.328 e. The van der Waals surface area contributed by atoms with Crippen LogP contribution < -0.4 is 5.32 Å². The van der Waals surface area contributed by atoms with E-state index in [1.807, 2.05) is 0 Å². The monoisotopic (exact) mass is 273 g/mol. The molecule has 0 radical (unpaired) electrons. The van der Waals surface area contributed by atoms with Gasteiger partial charge in [-0.15, -0.1) is 0 Å². The smallest absolute Gasteiger partial charge is 0.109 e. The SMILES string of the molecule is CCCn1c(CCCNC(C)(C)C)nc2ccccc21. The van der Waals surface area contributed by atoms with Crippen molar-refractivity contribution in [3.63, 3.8) is 0 Å². The fourth-order valence-corrected chi connectivity index (χ4v) is 2.50. The number of nitrogens with zero attached hydrogens (tertiary/aromatic N) is 2. The van der Waals surface area contributed by atoms with Gasteiger partial charge < -0.3 is 9.88 Å². The van der Waals surface area contributed by atoms with Crippen LogP contribution in [0.15, 0.2) is 24.3 Å². The number of imidazole rings is 1. The molecule has 0 atom stereocenters. The number of aryl methyl sites for hydroxylation is 2. The fraction of sp³-hybridized carbons (Fsp3) is 0.588. The molecule has 1 aromatic heterocycles. The van der Waals surface area contributed by atoms with E-state index >= 15 is 0 Å². The molecule has 0 bridgehead atoms. The number of rotatable bonds is 6. The minimum absolute atomic E-state index is 0.198. The molecule has 0 aliphatic carbocycles. The van der Waals surface area contributed by atoms with E-state index < -0.39 is 0 Å². The maximum absolute atomic E-state index is 4.80. The molecule has 0 saturated heterocycles. The number of hydrogen-bond acceptors (Lipinski definition) is 2. The van der Waals surface area contributed by atoms with Gasteiger partial charge >= 0.3 is 0 Å². The largest absolute Gasteiger partial charge is 0.328 e. The molecule has 0 aliphatic heterocycles. The first kappa shape index (κ1) is 15.0. The van der Waals surface area contributed by atoms with Gasteiger partial charge in [0.15, 0.2) is 0 Å². The van der Waals surface area contributed by atoms with Gasteiger partial charge in [-0.2, -0.15) is 0 Å². The third-order valence-electron chi connectivity index (χ3n) is 3.41. The van der Waals surface area contributed by atoms with Gasteiger partial charge in [0.1, 0.15) is 5.82 Å². The number of benzene rings is 1. The molecule has 110 valence electrons. The third-order valence-corrected chi connectivity index (χ3v) is 3.41. The lowest BCUT2D eigenvalue weighted by Crippen LogP contribution is -2.36. The van der Waals surface area contributed by atoms with Crippen molar-refractivity contribution < 1.29 is 0 Å². The lowest BCUT2D eigenvalue weighted by atomic mass is 10.1. The van der Waals surface area contributed by atoms with E-state index in [9.17, 15) is 0 Å². The van der Waals surface area contributed by atoms with Gasteiger partial charge in [0.05, 0.1) is 11.0 Å². The number of aromatic nitrogens is 2. The number of fused-ring (bicyclic) bond motifs is 1. The Morgan fingerprint density at radius 2 is 1.95 bits per heavy atom. The lowest BCUT2D eigenvalue weighted by Gasteiger charge is -2.20. The van der Waals surface area contributed by atoms with E-state index in [2.05, 4.69) is 61.8 Å². The van der Waals surface area contributed by atoms with Crippen LogP contribution in [0, 0.1) is 0 Å². The number of hydrogen-bond donors (Lipinski definition) is 1. The van der Waals surface area contributed by atoms with Gasteiger partial charge in [-0.25, -0.2) is 4.98 Å². The molecular formula is C17H27N3. The summed E-state index contributed by atoms with van der Waals surface area (Å²) in [7, 11) is 0. The molecule has 0 spiro atoms. The molecule has 0 amide bonds. The van der Waals surface area contributed by atoms with Gasteiger partial charge in [0.2, 0.25) is 0 Å². The van der Waals surface area contributed by atoms with Crippen LogP contribution in [0.4, 0.5) is 0 Å². The summed E-state index contributed by atoms with van der Waals surface area (Å²) in [5.41, 5.74) is 2.59. The van der Waals surface area contributed by atoms with Gasteiger partial charge in [-0.05, 0) is 52.3 Å². The molecule has 1 heterocycles. The molecule has 2 rings (SSSR count). The highest BCUT2D eigenvalue weighted by atomic mass is 15.1. The van der Waals surface area contributed by atoms with Crippen LogP contribution in [0.25, 0.3) is 11.0 Å². The van der Waals surface area contributed by atoms with Crippen molar-refractivity contribution in [2.45, 2.75) is 59.0 Å². The Kier molecular flexibility index (Phi) is 4.81. The Balaban J connectivity index is 2.07. The fourth-order valence-electron chi connectivity index (χ4n) is 2.50. The molecule has 2 aromatic rings. The average molecular weight is 273 g/mol. The van der Waals surface area contributed by atoms with Gasteiger partial charge in [0.25, 0.3) is 0 Å². The highest BCUT2D eigenvalue weighted by molar-refractivity contribution is 5.75. The minimum atomic E-state index is 0.198. The van der Waals surface area contributed by atoms with Crippen LogP contribution in [0.1, 0.15) is 46.4 Å². The Labute approximate surface area is 122 Å². The van der Waals surface area contributed by atoms with Crippen LogP contribution in [0.2, 0.25) is 0 Å². The predicted octanol–water partition coefficient (Wildman–Crippen LogP) is 3.77. The Bertz CT molecular complexity index is 549. The van der Waals surface area contributed by atoms with E-state index in [-0.39, 0.29) is 5.54 Å². The maximum atomic E-state index is 4.80. The second-order valence-corrected chi connectivity index (χ2v) is 6.45. The Morgan fingerprint density at radius 1 is 1.20 bits per heavy atom. The summed E-state index contributed by atoms with van der Waals surface area (Å²) in [6.45, 7) is 10.9. The summed E-state index contributed by atoms with van der Waals surface area (Å²) >= 11 is 0. The van der Waals surface area contributed by atoms with Crippen LogP contribution in [0.3, 0.4) is 0 Å². The maximum Gasteiger partial charge on any atom is 0.109 e. The van der Waals surface area contributed by atoms with Crippen LogP contribution in [0.5, 0.6) is 0 Å². The topological polar surface area (TPSA) is 29.9 Å². The lowest BCUT2D eigenvalue weighted by molar-refractivity contribution is 0.420. The standard InChI is InChI=1S/C17H27N3/c1-5-13-20-15-10-7-6-9-14(15)19-16(20)11-8-12-18-17(2,3)4/h6-7,9-10,18H,5,8,11-13H2,1-4H3. The summed E-state index contributed by atoms with van der Waals surface area (Å²) in [6.07, 6.45) is 3.32. The van der Waals surface area contributed by atoms with Crippen molar-refractivity contribution in [2.75, 3.05) is 6.54 Å². The van der Waals surface area contributed by atoms with Crippen molar-refractivity contribution in [1.29, 1.82) is 0 Å². The Hall–Kier alpha value is -1.35. The van der Waals surface area contributed by atoms with E-state index in [0.29, 0.717) is 0 Å². The van der Waals surface area contributed by atoms with Crippen LogP contribution in [-0.2, 0) is 13.0 Å². The van der Waals surface area contributed by atoms with Crippen LogP contribution >= 0.6 is 0 Å². The summed E-state index contributed by atoms with van der Waals surface area (Å²) in [5.74, 6) is 1.23. The second kappa shape index (κ2) is 6.40. The summed E-state index contributed by atoms with van der Waals surface area (Å²) < 4.78 is 2.38. The molecular weight excluding hydrogens is 246 g/mol. The summed E-state index contributed by atoms with van der Waals surface area (Å²) in [6, 6.07) is 8.45. The summed E-state index contributed by atoms with van der Waals surface area (Å²) in [5, 5.41) is 3.54. The third kappa shape index (κ3) is 3.83. The molecule has 0 saturated carbocycles. The zero-order valence-electron chi connectivity index (χ0n) is 13.2. The molecule has 1 N–H and O–H groups in total. The molecule has 3 nitrogen and oxygen atoms in total. The normalized spacial score (nSPS) is 12.2. The highest BCUT2D eigenvalue weighted by Crippen LogP contribution is 2.17. The van der Waals surface area contributed by atoms with Crippen molar-refractivity contribution in [3.05, 3.63) is 30.1 Å². The van der Waals surface area contributed by atoms with Gasteiger partial charge in [0, 0.05) is 18.5 Å². The first-order chi connectivity index (χ1) is 9.51. The predicted molar refractivity (Wildman–Crippen MR) is 86.1 cm³/mol. The molecule has 0 aliphatic rings. The summed E-state index contributed by atoms with van der Waals surface area (Å²) in [4.78, 5) is 4.80. The van der Waals surface area contributed by atoms with Crippen molar-refractivity contribution in [2.24, 2.45) is 0 Å². The van der Waals surface area contributed by atoms with Crippen molar-refractivity contribution >= 4 is 11.0 Å². The number of nitrogens with one attached hydrogen (secondary N) is 1. The zero-order chi connectivity index (χ0) is 14.6. The molecule has 0 fully saturated rings. The van der Waals surface area contributed by atoms with E-state index in [1.165, 1.54) is 11.3 Å². The van der Waals surface area contributed by atoms with E-state index in [1.54, 1.807) is 0 Å². The molecule has 0 unspecified atom stereocenters. The van der Waals surface area contributed by atoms with E-state index in [4.69, 9.17) is 4.98 Å². The first-order valence-electron chi connectivity index (χ1n) is 7.70. The molecule has 20 heavy (non-hydrogen) atoms.